The lowest BCUT2D eigenvalue weighted by atomic mass is 10.0. The number of nitrogens with zero attached hydrogens (tertiary/aromatic N) is 3. The molecule has 0 spiro atoms. The molecule has 2 atom stereocenters. The minimum atomic E-state index is -0.140. The molecule has 0 bridgehead atoms. The third-order valence-electron chi connectivity index (χ3n) is 6.29. The summed E-state index contributed by atoms with van der Waals surface area (Å²) in [5.41, 5.74) is 5.09. The minimum absolute atomic E-state index is 0.0478. The van der Waals surface area contributed by atoms with Gasteiger partial charge in [-0.05, 0) is 67.2 Å². The second-order valence-corrected chi connectivity index (χ2v) is 8.96. The highest BCUT2D eigenvalue weighted by Crippen LogP contribution is 2.39. The Labute approximate surface area is 210 Å². The molecule has 1 aliphatic heterocycles. The molecule has 1 amide bonds. The molecular weight excluding hydrogens is 454 g/mol. The molecule has 0 unspecified atom stereocenters. The number of carbonyl (C=O) groups is 1. The van der Waals surface area contributed by atoms with E-state index in [2.05, 4.69) is 62.5 Å². The Morgan fingerprint density at radius 2 is 1.77 bits per heavy atom. The number of benzene rings is 2. The fraction of sp³-hybridized carbons (Fsp3) is 0.179. The Morgan fingerprint density at radius 1 is 1.00 bits per heavy atom. The maximum Gasteiger partial charge on any atom is 0.226 e. The van der Waals surface area contributed by atoms with Crippen LogP contribution in [0.3, 0.4) is 0 Å². The Balaban J connectivity index is 1.46. The number of aryl methyl sites for hydroxylation is 1. The van der Waals surface area contributed by atoms with Crippen LogP contribution in [0.25, 0.3) is 5.69 Å². The fourth-order valence-electron chi connectivity index (χ4n) is 4.62. The van der Waals surface area contributed by atoms with Crippen molar-refractivity contribution in [1.82, 2.24) is 19.8 Å². The van der Waals surface area contributed by atoms with Gasteiger partial charge in [0.1, 0.15) is 0 Å². The molecule has 176 valence electrons. The van der Waals surface area contributed by atoms with Gasteiger partial charge in [-0.15, -0.1) is 0 Å². The lowest BCUT2D eigenvalue weighted by Gasteiger charge is -2.29. The van der Waals surface area contributed by atoms with Gasteiger partial charge >= 0.3 is 0 Å². The van der Waals surface area contributed by atoms with Gasteiger partial charge in [-0.25, -0.2) is 0 Å². The highest BCUT2D eigenvalue weighted by molar-refractivity contribution is 7.80. The molecule has 4 aromatic rings. The van der Waals surface area contributed by atoms with E-state index in [1.165, 1.54) is 5.56 Å². The molecule has 0 saturated carbocycles. The van der Waals surface area contributed by atoms with Gasteiger partial charge in [0, 0.05) is 42.4 Å². The average Bonchev–Trinajstić information content (AvgIpc) is 3.48. The number of anilines is 1. The summed E-state index contributed by atoms with van der Waals surface area (Å²) in [5.74, 6) is -0.0478. The van der Waals surface area contributed by atoms with Crippen LogP contribution < -0.4 is 10.6 Å². The lowest BCUT2D eigenvalue weighted by Crippen LogP contribution is -2.33. The number of hydrogen-bond donors (Lipinski definition) is 2. The van der Waals surface area contributed by atoms with Crippen LogP contribution in [0, 0.1) is 6.92 Å². The number of nitrogens with one attached hydrogen (secondary N) is 2. The number of carbonyl (C=O) groups excluding carboxylic acids is 1. The van der Waals surface area contributed by atoms with Crippen molar-refractivity contribution in [2.45, 2.75) is 25.4 Å². The van der Waals surface area contributed by atoms with E-state index >= 15 is 0 Å². The van der Waals surface area contributed by atoms with Crippen LogP contribution >= 0.6 is 12.2 Å². The molecule has 35 heavy (non-hydrogen) atoms. The summed E-state index contributed by atoms with van der Waals surface area (Å²) in [6.45, 7) is 2.59. The number of para-hydroxylation sites is 2. The van der Waals surface area contributed by atoms with Gasteiger partial charge < -0.3 is 20.1 Å². The molecule has 2 N–H and O–H groups in total. The van der Waals surface area contributed by atoms with Crippen LogP contribution in [-0.4, -0.2) is 32.0 Å². The maximum atomic E-state index is 12.7. The number of aromatic nitrogens is 2. The zero-order chi connectivity index (χ0) is 24.2. The number of hydrogen-bond acceptors (Lipinski definition) is 3. The van der Waals surface area contributed by atoms with Crippen molar-refractivity contribution in [2.24, 2.45) is 0 Å². The summed E-state index contributed by atoms with van der Waals surface area (Å²) < 4.78 is 2.21. The maximum absolute atomic E-state index is 12.7. The largest absolute Gasteiger partial charge is 0.352 e. The molecule has 2 aromatic heterocycles. The van der Waals surface area contributed by atoms with Crippen molar-refractivity contribution in [1.29, 1.82) is 0 Å². The van der Waals surface area contributed by atoms with Gasteiger partial charge in [0.15, 0.2) is 5.11 Å². The summed E-state index contributed by atoms with van der Waals surface area (Å²) in [7, 11) is 0. The fourth-order valence-corrected chi connectivity index (χ4v) is 4.95. The van der Waals surface area contributed by atoms with Crippen LogP contribution in [0.5, 0.6) is 0 Å². The van der Waals surface area contributed by atoms with Gasteiger partial charge in [0.25, 0.3) is 0 Å². The summed E-state index contributed by atoms with van der Waals surface area (Å²) >= 11 is 5.78. The normalized spacial score (nSPS) is 17.3. The molecule has 0 aliphatic carbocycles. The van der Waals surface area contributed by atoms with Crippen molar-refractivity contribution in [3.63, 3.8) is 0 Å². The molecule has 3 heterocycles. The summed E-state index contributed by atoms with van der Waals surface area (Å²) in [6.07, 6.45) is 4.19. The van der Waals surface area contributed by atoms with Crippen LogP contribution in [-0.2, 0) is 4.79 Å². The third kappa shape index (κ3) is 4.81. The van der Waals surface area contributed by atoms with Crippen molar-refractivity contribution >= 4 is 28.9 Å². The SMILES string of the molecule is Cc1ccccc1-n1cccc1[C@@H]1[C@@H](c2ccccn2)NC(=S)N1CCC(=O)Nc1ccccc1. The highest BCUT2D eigenvalue weighted by atomic mass is 32.1. The quantitative estimate of drug-likeness (QED) is 0.356. The Morgan fingerprint density at radius 3 is 2.54 bits per heavy atom. The molecule has 0 radical (unpaired) electrons. The van der Waals surface area contributed by atoms with E-state index in [1.54, 1.807) is 6.20 Å². The molecule has 1 saturated heterocycles. The zero-order valence-electron chi connectivity index (χ0n) is 19.5. The van der Waals surface area contributed by atoms with E-state index in [4.69, 9.17) is 12.2 Å². The number of rotatable bonds is 7. The first-order valence-electron chi connectivity index (χ1n) is 11.7. The van der Waals surface area contributed by atoms with E-state index in [1.807, 2.05) is 60.7 Å². The topological polar surface area (TPSA) is 62.2 Å². The van der Waals surface area contributed by atoms with Gasteiger partial charge in [-0.2, -0.15) is 0 Å². The first-order chi connectivity index (χ1) is 17.1. The third-order valence-corrected chi connectivity index (χ3v) is 6.65. The number of amides is 1. The molecular formula is C28H27N5OS. The number of thiocarbonyl (C=S) groups is 1. The molecule has 6 nitrogen and oxygen atoms in total. The first-order valence-corrected chi connectivity index (χ1v) is 12.1. The molecule has 5 rings (SSSR count). The first kappa shape index (κ1) is 22.8. The average molecular weight is 482 g/mol. The van der Waals surface area contributed by atoms with Gasteiger partial charge in [-0.3, -0.25) is 9.78 Å². The summed E-state index contributed by atoms with van der Waals surface area (Å²) in [5, 5.41) is 7.07. The van der Waals surface area contributed by atoms with Crippen LogP contribution in [0.2, 0.25) is 0 Å². The Kier molecular flexibility index (Phi) is 6.59. The van der Waals surface area contributed by atoms with Crippen molar-refractivity contribution < 1.29 is 4.79 Å². The Hall–Kier alpha value is -3.97. The van der Waals surface area contributed by atoms with Crippen LogP contribution in [0.1, 0.15) is 35.5 Å². The summed E-state index contributed by atoms with van der Waals surface area (Å²) in [6, 6.07) is 27.6. The minimum Gasteiger partial charge on any atom is -0.352 e. The van der Waals surface area contributed by atoms with Crippen LogP contribution in [0.15, 0.2) is 97.3 Å². The van der Waals surface area contributed by atoms with Crippen LogP contribution in [0.4, 0.5) is 5.69 Å². The van der Waals surface area contributed by atoms with E-state index in [0.717, 1.165) is 22.8 Å². The monoisotopic (exact) mass is 481 g/mol. The van der Waals surface area contributed by atoms with E-state index in [9.17, 15) is 4.79 Å². The molecule has 7 heteroatoms. The Bertz CT molecular complexity index is 1320. The molecule has 1 aliphatic rings. The smallest absolute Gasteiger partial charge is 0.226 e. The molecule has 2 aromatic carbocycles. The van der Waals surface area contributed by atoms with Crippen molar-refractivity contribution in [3.8, 4) is 5.69 Å². The van der Waals surface area contributed by atoms with Gasteiger partial charge in [0.2, 0.25) is 5.91 Å². The summed E-state index contributed by atoms with van der Waals surface area (Å²) in [4.78, 5) is 19.5. The standard InChI is InChI=1S/C28H27N5OS/c1-20-10-5-6-14-23(20)32-18-9-15-24(32)27-26(22-13-7-8-17-29-22)31-28(35)33(27)19-16-25(34)30-21-11-3-2-4-12-21/h2-15,17-18,26-27H,16,19H2,1H3,(H,30,34)(H,31,35)/t26-,27-/m1/s1. The van der Waals surface area contributed by atoms with Crippen molar-refractivity contribution in [2.75, 3.05) is 11.9 Å². The lowest BCUT2D eigenvalue weighted by molar-refractivity contribution is -0.116. The van der Waals surface area contributed by atoms with Gasteiger partial charge in [0.05, 0.1) is 17.8 Å². The molecule has 1 fully saturated rings. The predicted octanol–water partition coefficient (Wildman–Crippen LogP) is 5.18. The van der Waals surface area contributed by atoms with E-state index in [-0.39, 0.29) is 18.0 Å². The van der Waals surface area contributed by atoms with E-state index in [0.29, 0.717) is 18.1 Å². The predicted molar refractivity (Wildman–Crippen MR) is 142 cm³/mol. The second-order valence-electron chi connectivity index (χ2n) is 8.57. The number of pyridine rings is 1. The highest BCUT2D eigenvalue weighted by Gasteiger charge is 2.41. The van der Waals surface area contributed by atoms with E-state index < -0.39 is 0 Å². The van der Waals surface area contributed by atoms with Crippen molar-refractivity contribution in [3.05, 3.63) is 114 Å². The second kappa shape index (κ2) is 10.1. The zero-order valence-corrected chi connectivity index (χ0v) is 20.3. The van der Waals surface area contributed by atoms with Gasteiger partial charge in [-0.1, -0.05) is 42.5 Å².